The van der Waals surface area contributed by atoms with Crippen molar-refractivity contribution in [1.29, 1.82) is 0 Å². The molecule has 6 heteroatoms. The number of rotatable bonds is 7. The van der Waals surface area contributed by atoms with Gasteiger partial charge in [0.05, 0.1) is 29.1 Å². The average Bonchev–Trinajstić information content (AvgIpc) is 3.22. The topological polar surface area (TPSA) is 59.8 Å². The molecule has 1 aliphatic heterocycles. The van der Waals surface area contributed by atoms with Crippen LogP contribution < -0.4 is 4.74 Å². The van der Waals surface area contributed by atoms with Crippen molar-refractivity contribution < 1.29 is 18.7 Å². The lowest BCUT2D eigenvalue weighted by molar-refractivity contribution is -0.134. The maximum atomic E-state index is 12.5. The summed E-state index contributed by atoms with van der Waals surface area (Å²) in [5, 5.41) is 0. The molecule has 0 radical (unpaired) electrons. The summed E-state index contributed by atoms with van der Waals surface area (Å²) in [4.78, 5) is 26.6. The van der Waals surface area contributed by atoms with E-state index in [9.17, 15) is 9.59 Å². The van der Waals surface area contributed by atoms with E-state index >= 15 is 0 Å². The first-order chi connectivity index (χ1) is 12.1. The molecule has 2 amide bonds. The number of likely N-dealkylation sites (N-methyl/N-ethyl adjacent to an activating group) is 1. The number of imide groups is 1. The Labute approximate surface area is 150 Å². The number of hydrogen-bond donors (Lipinski definition) is 0. The number of furan rings is 1. The predicted molar refractivity (Wildman–Crippen MR) is 96.9 cm³/mol. The Morgan fingerprint density at radius 1 is 1.12 bits per heavy atom. The zero-order valence-electron chi connectivity index (χ0n) is 14.2. The number of amides is 2. The van der Waals surface area contributed by atoms with Gasteiger partial charge in [0.2, 0.25) is 0 Å². The van der Waals surface area contributed by atoms with E-state index < -0.39 is 0 Å². The SMILES string of the molecule is CCCOc1ccc(C2=C(SCc3ccco3)C(=O)N(C)C2=O)cc1. The first kappa shape index (κ1) is 17.4. The quantitative estimate of drug-likeness (QED) is 0.707. The van der Waals surface area contributed by atoms with Crippen molar-refractivity contribution in [3.8, 4) is 5.75 Å². The van der Waals surface area contributed by atoms with E-state index in [0.717, 1.165) is 22.8 Å². The summed E-state index contributed by atoms with van der Waals surface area (Å²) in [6, 6.07) is 10.9. The molecule has 0 saturated carbocycles. The molecule has 0 N–H and O–H groups in total. The molecule has 0 fully saturated rings. The van der Waals surface area contributed by atoms with Gasteiger partial charge in [-0.1, -0.05) is 19.1 Å². The van der Waals surface area contributed by atoms with E-state index in [4.69, 9.17) is 9.15 Å². The lowest BCUT2D eigenvalue weighted by atomic mass is 10.1. The smallest absolute Gasteiger partial charge is 0.267 e. The Morgan fingerprint density at radius 2 is 1.88 bits per heavy atom. The Morgan fingerprint density at radius 3 is 2.52 bits per heavy atom. The number of carbonyl (C=O) groups is 2. The highest BCUT2D eigenvalue weighted by molar-refractivity contribution is 8.03. The van der Waals surface area contributed by atoms with Crippen molar-refractivity contribution in [3.05, 3.63) is 58.9 Å². The number of hydrogen-bond acceptors (Lipinski definition) is 5. The van der Waals surface area contributed by atoms with E-state index in [2.05, 4.69) is 0 Å². The summed E-state index contributed by atoms with van der Waals surface area (Å²) in [5.41, 5.74) is 1.15. The minimum Gasteiger partial charge on any atom is -0.494 e. The van der Waals surface area contributed by atoms with Crippen molar-refractivity contribution in [3.63, 3.8) is 0 Å². The van der Waals surface area contributed by atoms with Crippen LogP contribution in [0.1, 0.15) is 24.7 Å². The summed E-state index contributed by atoms with van der Waals surface area (Å²) in [6.07, 6.45) is 2.52. The second-order valence-corrected chi connectivity index (χ2v) is 6.60. The Balaban J connectivity index is 1.87. The Kier molecular flexibility index (Phi) is 5.28. The van der Waals surface area contributed by atoms with Gasteiger partial charge < -0.3 is 9.15 Å². The van der Waals surface area contributed by atoms with Gasteiger partial charge in [0.15, 0.2) is 0 Å². The normalized spacial score (nSPS) is 14.6. The zero-order valence-corrected chi connectivity index (χ0v) is 15.0. The largest absolute Gasteiger partial charge is 0.494 e. The lowest BCUT2D eigenvalue weighted by Crippen LogP contribution is -2.26. The van der Waals surface area contributed by atoms with Crippen LogP contribution in [0.2, 0.25) is 0 Å². The van der Waals surface area contributed by atoms with E-state index in [1.807, 2.05) is 37.3 Å². The molecule has 2 aromatic rings. The third-order valence-corrected chi connectivity index (χ3v) is 4.90. The molecule has 0 aliphatic carbocycles. The van der Waals surface area contributed by atoms with Crippen molar-refractivity contribution in [2.45, 2.75) is 19.1 Å². The number of carbonyl (C=O) groups excluding carboxylic acids is 2. The first-order valence-corrected chi connectivity index (χ1v) is 9.05. The molecule has 0 unspecified atom stereocenters. The average molecular weight is 357 g/mol. The molecule has 0 atom stereocenters. The molecule has 130 valence electrons. The van der Waals surface area contributed by atoms with Gasteiger partial charge >= 0.3 is 0 Å². The molecule has 0 spiro atoms. The van der Waals surface area contributed by atoms with Gasteiger partial charge in [0, 0.05) is 7.05 Å². The van der Waals surface area contributed by atoms with Gasteiger partial charge in [-0.3, -0.25) is 14.5 Å². The molecule has 1 aromatic heterocycles. The fourth-order valence-corrected chi connectivity index (χ4v) is 3.54. The lowest BCUT2D eigenvalue weighted by Gasteiger charge is -2.08. The highest BCUT2D eigenvalue weighted by atomic mass is 32.2. The third kappa shape index (κ3) is 3.64. The Hall–Kier alpha value is -2.47. The molecule has 0 bridgehead atoms. The highest BCUT2D eigenvalue weighted by Crippen LogP contribution is 2.37. The number of benzene rings is 1. The van der Waals surface area contributed by atoms with Crippen LogP contribution in [0.25, 0.3) is 5.57 Å². The predicted octanol–water partition coefficient (Wildman–Crippen LogP) is 3.71. The van der Waals surface area contributed by atoms with Crippen LogP contribution in [0.3, 0.4) is 0 Å². The molecule has 2 heterocycles. The number of thioether (sulfide) groups is 1. The van der Waals surface area contributed by atoms with Gasteiger partial charge in [-0.15, -0.1) is 11.8 Å². The van der Waals surface area contributed by atoms with E-state index in [1.165, 1.54) is 18.8 Å². The van der Waals surface area contributed by atoms with Gasteiger partial charge in [0.1, 0.15) is 11.5 Å². The number of nitrogens with zero attached hydrogens (tertiary/aromatic N) is 1. The Bertz CT molecular complexity index is 793. The summed E-state index contributed by atoms with van der Waals surface area (Å²) < 4.78 is 10.9. The number of ether oxygens (including phenoxy) is 1. The second-order valence-electron chi connectivity index (χ2n) is 5.61. The van der Waals surface area contributed by atoms with Gasteiger partial charge in [0.25, 0.3) is 11.8 Å². The molecule has 5 nitrogen and oxygen atoms in total. The minimum atomic E-state index is -0.283. The van der Waals surface area contributed by atoms with Crippen LogP contribution >= 0.6 is 11.8 Å². The van der Waals surface area contributed by atoms with Crippen molar-refractivity contribution >= 4 is 29.1 Å². The van der Waals surface area contributed by atoms with Crippen LogP contribution in [0, 0.1) is 0 Å². The van der Waals surface area contributed by atoms with E-state index in [-0.39, 0.29) is 11.8 Å². The van der Waals surface area contributed by atoms with Crippen molar-refractivity contribution in [2.24, 2.45) is 0 Å². The minimum absolute atomic E-state index is 0.275. The third-order valence-electron chi connectivity index (χ3n) is 3.80. The monoisotopic (exact) mass is 357 g/mol. The van der Waals surface area contributed by atoms with Crippen LogP contribution in [-0.4, -0.2) is 30.4 Å². The van der Waals surface area contributed by atoms with Crippen molar-refractivity contribution in [2.75, 3.05) is 13.7 Å². The standard InChI is InChI=1S/C19H19NO4S/c1-3-10-23-14-8-6-13(7-9-14)16-17(19(22)20(2)18(16)21)25-12-15-5-4-11-24-15/h4-9,11H,3,10,12H2,1-2H3. The van der Waals surface area contributed by atoms with Crippen LogP contribution in [0.5, 0.6) is 5.75 Å². The second kappa shape index (κ2) is 7.61. The summed E-state index contributed by atoms with van der Waals surface area (Å²) in [7, 11) is 1.50. The molecule has 3 rings (SSSR count). The summed E-state index contributed by atoms with van der Waals surface area (Å²) >= 11 is 1.32. The van der Waals surface area contributed by atoms with Crippen LogP contribution in [0.4, 0.5) is 0 Å². The van der Waals surface area contributed by atoms with Gasteiger partial charge in [-0.05, 0) is 36.2 Å². The fourth-order valence-electron chi connectivity index (χ4n) is 2.48. The molecule has 0 saturated heterocycles. The van der Waals surface area contributed by atoms with Gasteiger partial charge in [-0.2, -0.15) is 0 Å². The van der Waals surface area contributed by atoms with Crippen LogP contribution in [0.15, 0.2) is 52.0 Å². The fraction of sp³-hybridized carbons (Fsp3) is 0.263. The summed E-state index contributed by atoms with van der Waals surface area (Å²) in [6.45, 7) is 2.69. The van der Waals surface area contributed by atoms with Crippen LogP contribution in [-0.2, 0) is 15.3 Å². The molecule has 1 aliphatic rings. The first-order valence-electron chi connectivity index (χ1n) is 8.07. The molecular formula is C19H19NO4S. The zero-order chi connectivity index (χ0) is 17.8. The maximum absolute atomic E-state index is 12.5. The van der Waals surface area contributed by atoms with Crippen molar-refractivity contribution in [1.82, 2.24) is 4.90 Å². The van der Waals surface area contributed by atoms with E-state index in [1.54, 1.807) is 12.3 Å². The summed E-state index contributed by atoms with van der Waals surface area (Å²) in [5.74, 6) is 1.45. The maximum Gasteiger partial charge on any atom is 0.267 e. The molecule has 25 heavy (non-hydrogen) atoms. The molecule has 1 aromatic carbocycles. The van der Waals surface area contributed by atoms with Gasteiger partial charge in [-0.25, -0.2) is 0 Å². The molecular weight excluding hydrogens is 338 g/mol. The van der Waals surface area contributed by atoms with E-state index in [0.29, 0.717) is 28.4 Å². The highest BCUT2D eigenvalue weighted by Gasteiger charge is 2.36.